The average Bonchev–Trinajstić information content (AvgIpc) is 2.93. The zero-order valence-electron chi connectivity index (χ0n) is 7.79. The summed E-state index contributed by atoms with van der Waals surface area (Å²) in [4.78, 5) is 11.1. The summed E-state index contributed by atoms with van der Waals surface area (Å²) in [5.74, 6) is 2.49. The van der Waals surface area contributed by atoms with Gasteiger partial charge in [0.25, 0.3) is 0 Å². The van der Waals surface area contributed by atoms with E-state index in [0.717, 1.165) is 37.3 Å². The SMILES string of the molecule is O=C(NCCSCCCO)C1CC1. The van der Waals surface area contributed by atoms with E-state index in [4.69, 9.17) is 5.11 Å². The van der Waals surface area contributed by atoms with Crippen molar-refractivity contribution in [3.05, 3.63) is 0 Å². The van der Waals surface area contributed by atoms with Crippen molar-refractivity contribution in [1.82, 2.24) is 5.32 Å². The normalized spacial score (nSPS) is 15.8. The van der Waals surface area contributed by atoms with Crippen LogP contribution in [0, 0.1) is 5.92 Å². The number of hydrogen-bond donors (Lipinski definition) is 2. The molecule has 76 valence electrons. The third kappa shape index (κ3) is 5.16. The fraction of sp³-hybridized carbons (Fsp3) is 0.889. The Morgan fingerprint density at radius 2 is 2.23 bits per heavy atom. The van der Waals surface area contributed by atoms with E-state index in [1.54, 1.807) is 11.8 Å². The van der Waals surface area contributed by atoms with Crippen molar-refractivity contribution >= 4 is 17.7 Å². The number of carbonyl (C=O) groups excluding carboxylic acids is 1. The second-order valence-electron chi connectivity index (χ2n) is 3.25. The van der Waals surface area contributed by atoms with Crippen molar-refractivity contribution in [2.24, 2.45) is 5.92 Å². The van der Waals surface area contributed by atoms with E-state index >= 15 is 0 Å². The first-order chi connectivity index (χ1) is 6.34. The zero-order chi connectivity index (χ0) is 9.52. The molecule has 2 N–H and O–H groups in total. The van der Waals surface area contributed by atoms with Gasteiger partial charge in [0.05, 0.1) is 0 Å². The summed E-state index contributed by atoms with van der Waals surface area (Å²) in [6.07, 6.45) is 2.99. The molecule has 0 atom stereocenters. The fourth-order valence-corrected chi connectivity index (χ4v) is 1.79. The highest BCUT2D eigenvalue weighted by Crippen LogP contribution is 2.28. The Balaban J connectivity index is 1.80. The Morgan fingerprint density at radius 3 is 2.85 bits per heavy atom. The highest BCUT2D eigenvalue weighted by Gasteiger charge is 2.28. The number of carbonyl (C=O) groups is 1. The summed E-state index contributed by atoms with van der Waals surface area (Å²) < 4.78 is 0. The number of aliphatic hydroxyl groups is 1. The first-order valence-electron chi connectivity index (χ1n) is 4.81. The molecule has 0 aliphatic heterocycles. The number of rotatable bonds is 7. The van der Waals surface area contributed by atoms with E-state index in [1.165, 1.54) is 0 Å². The number of hydrogen-bond acceptors (Lipinski definition) is 3. The molecule has 13 heavy (non-hydrogen) atoms. The number of amides is 1. The summed E-state index contributed by atoms with van der Waals surface area (Å²) in [6, 6.07) is 0. The minimum Gasteiger partial charge on any atom is -0.396 e. The molecule has 1 aliphatic carbocycles. The van der Waals surface area contributed by atoms with Crippen LogP contribution in [0.1, 0.15) is 19.3 Å². The molecule has 0 unspecified atom stereocenters. The summed E-state index contributed by atoms with van der Waals surface area (Å²) >= 11 is 1.78. The van der Waals surface area contributed by atoms with Crippen LogP contribution in [0.25, 0.3) is 0 Å². The summed E-state index contributed by atoms with van der Waals surface area (Å²) in [7, 11) is 0. The van der Waals surface area contributed by atoms with E-state index in [1.807, 2.05) is 0 Å². The molecule has 1 saturated carbocycles. The second-order valence-corrected chi connectivity index (χ2v) is 4.48. The van der Waals surface area contributed by atoms with Crippen LogP contribution in [-0.4, -0.2) is 35.7 Å². The lowest BCUT2D eigenvalue weighted by Gasteiger charge is -2.03. The molecule has 4 heteroatoms. The lowest BCUT2D eigenvalue weighted by atomic mass is 10.4. The molecule has 1 amide bonds. The van der Waals surface area contributed by atoms with Gasteiger partial charge in [0.2, 0.25) is 5.91 Å². The van der Waals surface area contributed by atoms with Gasteiger partial charge in [0.1, 0.15) is 0 Å². The summed E-state index contributed by atoms with van der Waals surface area (Å²) in [5.41, 5.74) is 0. The smallest absolute Gasteiger partial charge is 0.223 e. The van der Waals surface area contributed by atoms with Gasteiger partial charge in [-0.1, -0.05) is 0 Å². The van der Waals surface area contributed by atoms with E-state index in [2.05, 4.69) is 5.32 Å². The second kappa shape index (κ2) is 6.27. The lowest BCUT2D eigenvalue weighted by Crippen LogP contribution is -2.27. The van der Waals surface area contributed by atoms with Gasteiger partial charge < -0.3 is 10.4 Å². The topological polar surface area (TPSA) is 49.3 Å². The van der Waals surface area contributed by atoms with Gasteiger partial charge in [0.15, 0.2) is 0 Å². The molecule has 0 aromatic heterocycles. The number of thioether (sulfide) groups is 1. The number of nitrogens with one attached hydrogen (secondary N) is 1. The summed E-state index contributed by atoms with van der Waals surface area (Å²) in [5, 5.41) is 11.4. The third-order valence-electron chi connectivity index (χ3n) is 1.94. The van der Waals surface area contributed by atoms with Crippen molar-refractivity contribution in [3.8, 4) is 0 Å². The Kier molecular flexibility index (Phi) is 5.23. The Hall–Kier alpha value is -0.220. The minimum absolute atomic E-state index is 0.225. The van der Waals surface area contributed by atoms with Crippen LogP contribution in [-0.2, 0) is 4.79 Å². The average molecular weight is 203 g/mol. The molecule has 1 fully saturated rings. The molecule has 0 saturated heterocycles. The van der Waals surface area contributed by atoms with Gasteiger partial charge in [-0.2, -0.15) is 11.8 Å². The van der Waals surface area contributed by atoms with Crippen LogP contribution >= 0.6 is 11.8 Å². The van der Waals surface area contributed by atoms with Crippen molar-refractivity contribution in [2.75, 3.05) is 24.7 Å². The molecule has 0 aromatic rings. The van der Waals surface area contributed by atoms with Gasteiger partial charge >= 0.3 is 0 Å². The maximum absolute atomic E-state index is 11.1. The molecular formula is C9H17NO2S. The van der Waals surface area contributed by atoms with Gasteiger partial charge in [0, 0.05) is 24.8 Å². The largest absolute Gasteiger partial charge is 0.396 e. The third-order valence-corrected chi connectivity index (χ3v) is 3.01. The highest BCUT2D eigenvalue weighted by molar-refractivity contribution is 7.99. The molecule has 0 radical (unpaired) electrons. The van der Waals surface area contributed by atoms with Gasteiger partial charge in [-0.15, -0.1) is 0 Å². The molecule has 1 rings (SSSR count). The first-order valence-corrected chi connectivity index (χ1v) is 5.96. The molecule has 1 aliphatic rings. The molecule has 0 aromatic carbocycles. The van der Waals surface area contributed by atoms with Crippen LogP contribution in [0.15, 0.2) is 0 Å². The van der Waals surface area contributed by atoms with Crippen LogP contribution in [0.5, 0.6) is 0 Å². The maximum atomic E-state index is 11.1. The molecule has 0 heterocycles. The van der Waals surface area contributed by atoms with Crippen LogP contribution in [0.4, 0.5) is 0 Å². The molecule has 0 spiro atoms. The van der Waals surface area contributed by atoms with E-state index < -0.39 is 0 Å². The Labute approximate surface area is 83.3 Å². The lowest BCUT2D eigenvalue weighted by molar-refractivity contribution is -0.122. The Morgan fingerprint density at radius 1 is 1.46 bits per heavy atom. The highest BCUT2D eigenvalue weighted by atomic mass is 32.2. The zero-order valence-corrected chi connectivity index (χ0v) is 8.61. The minimum atomic E-state index is 0.225. The van der Waals surface area contributed by atoms with Crippen LogP contribution < -0.4 is 5.32 Å². The molecule has 0 bridgehead atoms. The standard InChI is InChI=1S/C9H17NO2S/c11-5-1-6-13-7-4-10-9(12)8-2-3-8/h8,11H,1-7H2,(H,10,12). The molecule has 3 nitrogen and oxygen atoms in total. The van der Waals surface area contributed by atoms with Crippen LogP contribution in [0.3, 0.4) is 0 Å². The monoisotopic (exact) mass is 203 g/mol. The number of aliphatic hydroxyl groups excluding tert-OH is 1. The first kappa shape index (κ1) is 10.9. The van der Waals surface area contributed by atoms with Crippen LogP contribution in [0.2, 0.25) is 0 Å². The van der Waals surface area contributed by atoms with Crippen molar-refractivity contribution in [1.29, 1.82) is 0 Å². The summed E-state index contributed by atoms with van der Waals surface area (Å²) in [6.45, 7) is 1.03. The predicted octanol–water partition coefficient (Wildman–Crippen LogP) is 0.628. The molecular weight excluding hydrogens is 186 g/mol. The Bertz CT molecular complexity index is 160. The van der Waals surface area contributed by atoms with E-state index in [0.29, 0.717) is 5.92 Å². The van der Waals surface area contributed by atoms with Gasteiger partial charge in [-0.05, 0) is 25.0 Å². The maximum Gasteiger partial charge on any atom is 0.223 e. The van der Waals surface area contributed by atoms with Crippen molar-refractivity contribution in [3.63, 3.8) is 0 Å². The van der Waals surface area contributed by atoms with E-state index in [-0.39, 0.29) is 12.5 Å². The van der Waals surface area contributed by atoms with Gasteiger partial charge in [-0.3, -0.25) is 4.79 Å². The van der Waals surface area contributed by atoms with Crippen molar-refractivity contribution < 1.29 is 9.90 Å². The van der Waals surface area contributed by atoms with Gasteiger partial charge in [-0.25, -0.2) is 0 Å². The van der Waals surface area contributed by atoms with E-state index in [9.17, 15) is 4.79 Å². The quantitative estimate of drug-likeness (QED) is 0.597. The predicted molar refractivity (Wildman–Crippen MR) is 54.8 cm³/mol. The fourth-order valence-electron chi connectivity index (χ4n) is 1.00. The van der Waals surface area contributed by atoms with Crippen molar-refractivity contribution in [2.45, 2.75) is 19.3 Å².